The zero-order valence-corrected chi connectivity index (χ0v) is 13.7. The van der Waals surface area contributed by atoms with Crippen molar-refractivity contribution in [3.63, 3.8) is 0 Å². The summed E-state index contributed by atoms with van der Waals surface area (Å²) in [7, 11) is -6.00. The van der Waals surface area contributed by atoms with E-state index in [0.29, 0.717) is 0 Å². The Morgan fingerprint density at radius 3 is 1.27 bits per heavy atom. The van der Waals surface area contributed by atoms with Crippen LogP contribution >= 0.6 is 0 Å². The van der Waals surface area contributed by atoms with Crippen LogP contribution in [-0.4, -0.2) is 7.25 Å². The summed E-state index contributed by atoms with van der Waals surface area (Å²) < 4.78 is 43.6. The van der Waals surface area contributed by atoms with E-state index in [1.54, 1.807) is 0 Å². The molecular weight excluding hydrogens is 406 g/mol. The minimum Gasteiger partial charge on any atom is -0.418 e. The molecule has 0 saturated carbocycles. The Morgan fingerprint density at radius 1 is 0.636 bits per heavy atom. The standard InChI is InChI=1S/C16H14I.BF4/c1-3-7-15(8-4-1)11-13-17-14-12-16-9-5-2-6-10-16;2-1(3,4)5/h1-14H;/q+1;-1/b13-11+,14-12+;. The molecular formula is C16H14BF4I. The highest BCUT2D eigenvalue weighted by Gasteiger charge is 2.20. The summed E-state index contributed by atoms with van der Waals surface area (Å²) >= 11 is 0.0121. The molecule has 0 aliphatic rings. The molecule has 0 fully saturated rings. The van der Waals surface area contributed by atoms with Crippen molar-refractivity contribution in [3.05, 3.63) is 80.0 Å². The van der Waals surface area contributed by atoms with Crippen LogP contribution in [0.1, 0.15) is 11.1 Å². The Kier molecular flexibility index (Phi) is 8.58. The normalized spacial score (nSPS) is 11.5. The molecule has 0 heterocycles. The third-order valence-corrected chi connectivity index (χ3v) is 3.81. The number of hydrogen-bond acceptors (Lipinski definition) is 0. The van der Waals surface area contributed by atoms with Crippen LogP contribution in [0.25, 0.3) is 12.2 Å². The molecule has 0 aliphatic heterocycles. The highest BCUT2D eigenvalue weighted by molar-refractivity contribution is 6.50. The first-order chi connectivity index (χ1) is 10.4. The van der Waals surface area contributed by atoms with Gasteiger partial charge in [-0.05, 0) is 23.3 Å². The van der Waals surface area contributed by atoms with Crippen LogP contribution in [0.3, 0.4) is 0 Å². The minimum atomic E-state index is -6.00. The molecule has 116 valence electrons. The summed E-state index contributed by atoms with van der Waals surface area (Å²) in [6.07, 6.45) is 4.39. The van der Waals surface area contributed by atoms with E-state index in [2.05, 4.69) is 68.8 Å². The van der Waals surface area contributed by atoms with Crippen molar-refractivity contribution in [2.24, 2.45) is 0 Å². The second kappa shape index (κ2) is 10.2. The first kappa shape index (κ1) is 18.5. The van der Waals surface area contributed by atoms with Crippen LogP contribution in [0.5, 0.6) is 0 Å². The molecule has 0 nitrogen and oxygen atoms in total. The van der Waals surface area contributed by atoms with Gasteiger partial charge in [-0.15, -0.1) is 0 Å². The lowest BCUT2D eigenvalue weighted by atomic mass is 10.2. The lowest BCUT2D eigenvalue weighted by molar-refractivity contribution is -0.511. The summed E-state index contributed by atoms with van der Waals surface area (Å²) in [6.45, 7) is 0. The van der Waals surface area contributed by atoms with Crippen molar-refractivity contribution in [3.8, 4) is 0 Å². The zero-order chi connectivity index (χ0) is 16.3. The van der Waals surface area contributed by atoms with Gasteiger partial charge in [0, 0.05) is 0 Å². The molecule has 0 bridgehead atoms. The zero-order valence-electron chi connectivity index (χ0n) is 11.6. The van der Waals surface area contributed by atoms with Crippen LogP contribution in [0.15, 0.2) is 68.8 Å². The molecule has 0 spiro atoms. The molecule has 0 aromatic heterocycles. The van der Waals surface area contributed by atoms with Crippen molar-refractivity contribution in [2.75, 3.05) is 0 Å². The van der Waals surface area contributed by atoms with Crippen LogP contribution in [0.2, 0.25) is 0 Å². The molecule has 2 aromatic rings. The molecule has 0 radical (unpaired) electrons. The van der Waals surface area contributed by atoms with E-state index in [9.17, 15) is 17.3 Å². The van der Waals surface area contributed by atoms with Gasteiger partial charge in [-0.3, -0.25) is 0 Å². The van der Waals surface area contributed by atoms with Crippen molar-refractivity contribution in [1.29, 1.82) is 0 Å². The third-order valence-electron chi connectivity index (χ3n) is 2.26. The molecule has 22 heavy (non-hydrogen) atoms. The number of rotatable bonds is 4. The predicted octanol–water partition coefficient (Wildman–Crippen LogP) is 2.72. The molecule has 2 aromatic carbocycles. The molecule has 0 saturated heterocycles. The van der Waals surface area contributed by atoms with E-state index in [1.807, 2.05) is 12.1 Å². The number of benzene rings is 2. The van der Waals surface area contributed by atoms with E-state index in [1.165, 1.54) is 11.1 Å². The van der Waals surface area contributed by atoms with Gasteiger partial charge in [0.1, 0.15) is 0 Å². The Bertz CT molecular complexity index is 527. The maximum atomic E-state index is 9.75. The quantitative estimate of drug-likeness (QED) is 0.406. The van der Waals surface area contributed by atoms with Crippen LogP contribution < -0.4 is 21.2 Å². The van der Waals surface area contributed by atoms with Crippen LogP contribution in [0.4, 0.5) is 17.3 Å². The lowest BCUT2D eigenvalue weighted by Crippen LogP contribution is -3.56. The Labute approximate surface area is 137 Å². The fourth-order valence-electron chi connectivity index (χ4n) is 1.39. The molecule has 0 aliphatic carbocycles. The van der Waals surface area contributed by atoms with Gasteiger partial charge in [0.2, 0.25) is 0 Å². The first-order valence-corrected chi connectivity index (χ1v) is 8.87. The maximum absolute atomic E-state index is 9.75. The summed E-state index contributed by atoms with van der Waals surface area (Å²) in [4.78, 5) is 0. The first-order valence-electron chi connectivity index (χ1n) is 6.37. The summed E-state index contributed by atoms with van der Waals surface area (Å²) in [5.41, 5.74) is 2.56. The van der Waals surface area contributed by atoms with Gasteiger partial charge < -0.3 is 17.3 Å². The highest BCUT2D eigenvalue weighted by atomic mass is 127. The van der Waals surface area contributed by atoms with Crippen molar-refractivity contribution < 1.29 is 38.5 Å². The van der Waals surface area contributed by atoms with Gasteiger partial charge in [-0.1, -0.05) is 60.7 Å². The largest absolute Gasteiger partial charge is 0.673 e. The monoisotopic (exact) mass is 420 g/mol. The lowest BCUT2D eigenvalue weighted by Gasteiger charge is -1.94. The van der Waals surface area contributed by atoms with Gasteiger partial charge in [-0.25, -0.2) is 0 Å². The topological polar surface area (TPSA) is 0 Å². The number of hydrogen-bond donors (Lipinski definition) is 0. The van der Waals surface area contributed by atoms with Gasteiger partial charge in [0.15, 0.2) is 8.17 Å². The van der Waals surface area contributed by atoms with Gasteiger partial charge in [-0.2, -0.15) is 0 Å². The average Bonchev–Trinajstić information content (AvgIpc) is 2.47. The fourth-order valence-corrected chi connectivity index (χ4v) is 2.87. The van der Waals surface area contributed by atoms with E-state index >= 15 is 0 Å². The minimum absolute atomic E-state index is 0.0121. The van der Waals surface area contributed by atoms with Gasteiger partial charge in [0.05, 0.1) is 0 Å². The molecule has 0 N–H and O–H groups in total. The molecule has 6 heteroatoms. The second-order valence-corrected chi connectivity index (χ2v) is 6.19. The fraction of sp³-hybridized carbons (Fsp3) is 0. The molecule has 0 amide bonds. The van der Waals surface area contributed by atoms with Crippen LogP contribution in [0, 0.1) is 0 Å². The van der Waals surface area contributed by atoms with E-state index < -0.39 is 7.25 Å². The summed E-state index contributed by atoms with van der Waals surface area (Å²) in [5.74, 6) is 0. The average molecular weight is 420 g/mol. The third kappa shape index (κ3) is 11.1. The van der Waals surface area contributed by atoms with E-state index in [-0.39, 0.29) is 21.2 Å². The SMILES string of the molecule is C(=C\c1ccccc1)/[I+]/C=C/c1ccccc1.F[B-](F)(F)F. The van der Waals surface area contributed by atoms with Gasteiger partial charge >= 0.3 is 28.5 Å². The Hall–Kier alpha value is -1.57. The molecule has 2 rings (SSSR count). The van der Waals surface area contributed by atoms with Gasteiger partial charge in [0.25, 0.3) is 0 Å². The molecule has 0 atom stereocenters. The van der Waals surface area contributed by atoms with Crippen molar-refractivity contribution >= 4 is 19.4 Å². The number of halogens is 5. The smallest absolute Gasteiger partial charge is 0.418 e. The second-order valence-electron chi connectivity index (χ2n) is 4.03. The Balaban J connectivity index is 0.000000422. The maximum Gasteiger partial charge on any atom is 0.673 e. The highest BCUT2D eigenvalue weighted by Crippen LogP contribution is 2.06. The van der Waals surface area contributed by atoms with Crippen molar-refractivity contribution in [1.82, 2.24) is 0 Å². The van der Waals surface area contributed by atoms with E-state index in [4.69, 9.17) is 0 Å². The van der Waals surface area contributed by atoms with Crippen LogP contribution in [-0.2, 0) is 0 Å². The summed E-state index contributed by atoms with van der Waals surface area (Å²) in [6, 6.07) is 20.9. The summed E-state index contributed by atoms with van der Waals surface area (Å²) in [5, 5.41) is 0. The van der Waals surface area contributed by atoms with E-state index in [0.717, 1.165) is 0 Å². The van der Waals surface area contributed by atoms with Crippen molar-refractivity contribution in [2.45, 2.75) is 0 Å². The Morgan fingerprint density at radius 2 is 0.955 bits per heavy atom. The predicted molar refractivity (Wildman–Crippen MR) is 81.1 cm³/mol. The molecule has 0 unspecified atom stereocenters.